The van der Waals surface area contributed by atoms with Crippen molar-refractivity contribution in [2.45, 2.75) is 13.0 Å². The molecule has 0 saturated carbocycles. The SMILES string of the molecule is C[C@@H](CO)Nc1nc(Nc2ccccc2Cl)cc(-c2ccncc2)n1. The van der Waals surface area contributed by atoms with Gasteiger partial charge in [0.05, 0.1) is 23.0 Å². The van der Waals surface area contributed by atoms with E-state index in [2.05, 4.69) is 25.6 Å². The number of hydrogen-bond donors (Lipinski definition) is 3. The lowest BCUT2D eigenvalue weighted by atomic mass is 10.2. The Bertz CT molecular complexity index is 844. The zero-order chi connectivity index (χ0) is 17.6. The molecule has 0 aliphatic heterocycles. The molecule has 1 aromatic carbocycles. The minimum atomic E-state index is -0.166. The molecule has 3 N–H and O–H groups in total. The maximum absolute atomic E-state index is 9.26. The van der Waals surface area contributed by atoms with Crippen LogP contribution in [0.25, 0.3) is 11.3 Å². The minimum absolute atomic E-state index is 0.0177. The molecule has 0 radical (unpaired) electrons. The van der Waals surface area contributed by atoms with Crippen LogP contribution in [0.1, 0.15) is 6.92 Å². The summed E-state index contributed by atoms with van der Waals surface area (Å²) in [5.41, 5.74) is 2.41. The third kappa shape index (κ3) is 4.43. The first-order valence-corrected chi connectivity index (χ1v) is 8.22. The number of nitrogens with one attached hydrogen (secondary N) is 2. The van der Waals surface area contributed by atoms with Gasteiger partial charge < -0.3 is 15.7 Å². The highest BCUT2D eigenvalue weighted by molar-refractivity contribution is 6.33. The Kier molecular flexibility index (Phi) is 5.42. The molecule has 1 atom stereocenters. The quantitative estimate of drug-likeness (QED) is 0.625. The largest absolute Gasteiger partial charge is 0.394 e. The van der Waals surface area contributed by atoms with Gasteiger partial charge in [0.25, 0.3) is 0 Å². The Morgan fingerprint density at radius 1 is 1.12 bits per heavy atom. The summed E-state index contributed by atoms with van der Waals surface area (Å²) in [6.07, 6.45) is 3.42. The van der Waals surface area contributed by atoms with Crippen molar-refractivity contribution in [3.63, 3.8) is 0 Å². The van der Waals surface area contributed by atoms with Gasteiger partial charge in [-0.05, 0) is 31.2 Å². The van der Waals surface area contributed by atoms with Crippen LogP contribution in [0, 0.1) is 0 Å². The number of hydrogen-bond acceptors (Lipinski definition) is 6. The first-order chi connectivity index (χ1) is 12.2. The van der Waals surface area contributed by atoms with Crippen LogP contribution in [0.5, 0.6) is 0 Å². The first-order valence-electron chi connectivity index (χ1n) is 7.84. The third-order valence-electron chi connectivity index (χ3n) is 3.49. The summed E-state index contributed by atoms with van der Waals surface area (Å²) in [7, 11) is 0. The van der Waals surface area contributed by atoms with Crippen molar-refractivity contribution in [1.82, 2.24) is 15.0 Å². The van der Waals surface area contributed by atoms with Gasteiger partial charge in [-0.3, -0.25) is 4.98 Å². The van der Waals surface area contributed by atoms with Gasteiger partial charge >= 0.3 is 0 Å². The molecule has 0 saturated heterocycles. The molecule has 6 nitrogen and oxygen atoms in total. The number of anilines is 3. The third-order valence-corrected chi connectivity index (χ3v) is 3.82. The number of rotatable bonds is 6. The minimum Gasteiger partial charge on any atom is -0.394 e. The van der Waals surface area contributed by atoms with E-state index in [4.69, 9.17) is 11.6 Å². The monoisotopic (exact) mass is 355 g/mol. The molecule has 3 aromatic rings. The Hall–Kier alpha value is -2.70. The Labute approximate surface area is 150 Å². The number of aliphatic hydroxyl groups excluding tert-OH is 1. The standard InChI is InChI=1S/C18H18ClN5O/c1-12(11-25)21-18-23-16(13-6-8-20-9-7-13)10-17(24-18)22-15-5-3-2-4-14(15)19/h2-10,12,25H,11H2,1H3,(H2,21,22,23,24)/t12-/m0/s1. The van der Waals surface area contributed by atoms with Crippen LogP contribution in [0.2, 0.25) is 5.02 Å². The van der Waals surface area contributed by atoms with Gasteiger partial charge in [-0.25, -0.2) is 4.98 Å². The van der Waals surface area contributed by atoms with E-state index in [0.29, 0.717) is 16.8 Å². The molecular formula is C18H18ClN5O. The molecule has 0 fully saturated rings. The normalized spacial score (nSPS) is 11.8. The zero-order valence-electron chi connectivity index (χ0n) is 13.6. The summed E-state index contributed by atoms with van der Waals surface area (Å²) in [6, 6.07) is 12.9. The summed E-state index contributed by atoms with van der Waals surface area (Å²) in [5.74, 6) is 1.02. The van der Waals surface area contributed by atoms with Crippen molar-refractivity contribution >= 4 is 29.1 Å². The summed E-state index contributed by atoms with van der Waals surface area (Å²) in [6.45, 7) is 1.83. The van der Waals surface area contributed by atoms with E-state index in [-0.39, 0.29) is 12.6 Å². The summed E-state index contributed by atoms with van der Waals surface area (Å²) >= 11 is 6.21. The second-order valence-corrected chi connectivity index (χ2v) is 5.94. The van der Waals surface area contributed by atoms with Crippen molar-refractivity contribution in [2.24, 2.45) is 0 Å². The molecular weight excluding hydrogens is 338 g/mol. The van der Waals surface area contributed by atoms with E-state index in [9.17, 15) is 5.11 Å². The van der Waals surface area contributed by atoms with Gasteiger partial charge in [0, 0.05) is 30.1 Å². The van der Waals surface area contributed by atoms with E-state index in [1.807, 2.05) is 49.4 Å². The van der Waals surface area contributed by atoms with Gasteiger partial charge in [-0.2, -0.15) is 4.98 Å². The number of halogens is 1. The number of benzene rings is 1. The average molecular weight is 356 g/mol. The van der Waals surface area contributed by atoms with E-state index >= 15 is 0 Å². The highest BCUT2D eigenvalue weighted by Gasteiger charge is 2.10. The number of pyridine rings is 1. The second-order valence-electron chi connectivity index (χ2n) is 5.53. The van der Waals surface area contributed by atoms with Crippen LogP contribution in [-0.4, -0.2) is 32.7 Å². The van der Waals surface area contributed by atoms with E-state index in [0.717, 1.165) is 16.9 Å². The molecule has 0 amide bonds. The van der Waals surface area contributed by atoms with Crippen molar-refractivity contribution in [3.05, 3.63) is 59.9 Å². The zero-order valence-corrected chi connectivity index (χ0v) is 14.4. The molecule has 25 heavy (non-hydrogen) atoms. The lowest BCUT2D eigenvalue weighted by Gasteiger charge is -2.14. The van der Waals surface area contributed by atoms with Crippen LogP contribution in [0.3, 0.4) is 0 Å². The molecule has 2 aromatic heterocycles. The number of nitrogens with zero attached hydrogens (tertiary/aromatic N) is 3. The molecule has 2 heterocycles. The molecule has 3 rings (SSSR count). The molecule has 128 valence electrons. The molecule has 0 aliphatic carbocycles. The highest BCUT2D eigenvalue weighted by atomic mass is 35.5. The van der Waals surface area contributed by atoms with E-state index < -0.39 is 0 Å². The van der Waals surface area contributed by atoms with Crippen LogP contribution in [-0.2, 0) is 0 Å². The fourth-order valence-corrected chi connectivity index (χ4v) is 2.40. The Morgan fingerprint density at radius 2 is 1.88 bits per heavy atom. The molecule has 0 unspecified atom stereocenters. The lowest BCUT2D eigenvalue weighted by Crippen LogP contribution is -2.21. The van der Waals surface area contributed by atoms with Crippen molar-refractivity contribution in [1.29, 1.82) is 0 Å². The van der Waals surface area contributed by atoms with Gasteiger partial charge in [-0.1, -0.05) is 23.7 Å². The first kappa shape index (κ1) is 17.1. The number of para-hydroxylation sites is 1. The molecule has 0 bridgehead atoms. The van der Waals surface area contributed by atoms with Gasteiger partial charge in [0.2, 0.25) is 5.95 Å². The number of aliphatic hydroxyl groups is 1. The fraction of sp³-hybridized carbons (Fsp3) is 0.167. The molecule has 0 aliphatic rings. The topological polar surface area (TPSA) is 83.0 Å². The maximum Gasteiger partial charge on any atom is 0.225 e. The summed E-state index contributed by atoms with van der Waals surface area (Å²) < 4.78 is 0. The predicted octanol–water partition coefficient (Wildman–Crippen LogP) is 3.73. The number of aromatic nitrogens is 3. The van der Waals surface area contributed by atoms with Gasteiger partial charge in [0.1, 0.15) is 5.82 Å². The van der Waals surface area contributed by atoms with Gasteiger partial charge in [0.15, 0.2) is 0 Å². The Morgan fingerprint density at radius 3 is 2.60 bits per heavy atom. The Balaban J connectivity index is 1.99. The van der Waals surface area contributed by atoms with Gasteiger partial charge in [-0.15, -0.1) is 0 Å². The second kappa shape index (κ2) is 7.92. The van der Waals surface area contributed by atoms with Crippen molar-refractivity contribution in [3.8, 4) is 11.3 Å². The predicted molar refractivity (Wildman–Crippen MR) is 100 cm³/mol. The van der Waals surface area contributed by atoms with E-state index in [1.54, 1.807) is 12.4 Å². The van der Waals surface area contributed by atoms with Crippen LogP contribution >= 0.6 is 11.6 Å². The van der Waals surface area contributed by atoms with Crippen LogP contribution in [0.15, 0.2) is 54.9 Å². The molecule has 7 heteroatoms. The van der Waals surface area contributed by atoms with E-state index in [1.165, 1.54) is 0 Å². The van der Waals surface area contributed by atoms with Crippen LogP contribution in [0.4, 0.5) is 17.5 Å². The molecule has 0 spiro atoms. The highest BCUT2D eigenvalue weighted by Crippen LogP contribution is 2.27. The fourth-order valence-electron chi connectivity index (χ4n) is 2.21. The summed E-state index contributed by atoms with van der Waals surface area (Å²) in [5, 5.41) is 16.2. The summed E-state index contributed by atoms with van der Waals surface area (Å²) in [4.78, 5) is 13.0. The lowest BCUT2D eigenvalue weighted by molar-refractivity contribution is 0.281. The van der Waals surface area contributed by atoms with Crippen LogP contribution < -0.4 is 10.6 Å². The maximum atomic E-state index is 9.26. The smallest absolute Gasteiger partial charge is 0.225 e. The average Bonchev–Trinajstić information content (AvgIpc) is 2.64. The van der Waals surface area contributed by atoms with Crippen molar-refractivity contribution < 1.29 is 5.11 Å². The van der Waals surface area contributed by atoms with Crippen molar-refractivity contribution in [2.75, 3.05) is 17.2 Å².